The monoisotopic (exact) mass is 302 g/mol. The van der Waals surface area contributed by atoms with Crippen LogP contribution in [0.1, 0.15) is 24.6 Å². The van der Waals surface area contributed by atoms with Gasteiger partial charge < -0.3 is 0 Å². The van der Waals surface area contributed by atoms with E-state index in [1.54, 1.807) is 6.07 Å². The number of halogens is 2. The van der Waals surface area contributed by atoms with E-state index in [4.69, 9.17) is 22.3 Å². The van der Waals surface area contributed by atoms with Crippen LogP contribution in [0.15, 0.2) is 23.1 Å². The molecule has 1 aliphatic rings. The fraction of sp³-hybridized carbons (Fsp3) is 0.273. The molecule has 1 aliphatic carbocycles. The highest BCUT2D eigenvalue weighted by molar-refractivity contribution is 8.13. The second-order valence-corrected chi connectivity index (χ2v) is 7.19. The summed E-state index contributed by atoms with van der Waals surface area (Å²) in [5.74, 6) is 1.12. The SMILES string of the molecule is O=S(=O)(Cl)c1ccc2nc(C3CC3)nc(Cl)c2c1. The number of hydrogen-bond donors (Lipinski definition) is 0. The molecule has 1 heterocycles. The van der Waals surface area contributed by atoms with Gasteiger partial charge in [-0.2, -0.15) is 0 Å². The van der Waals surface area contributed by atoms with Gasteiger partial charge in [-0.15, -0.1) is 0 Å². The minimum atomic E-state index is -3.77. The maximum absolute atomic E-state index is 11.3. The van der Waals surface area contributed by atoms with E-state index in [1.807, 2.05) is 0 Å². The van der Waals surface area contributed by atoms with Crippen molar-refractivity contribution in [3.8, 4) is 0 Å². The summed E-state index contributed by atoms with van der Waals surface area (Å²) < 4.78 is 22.5. The Kier molecular flexibility index (Phi) is 2.73. The van der Waals surface area contributed by atoms with Crippen molar-refractivity contribution in [2.45, 2.75) is 23.7 Å². The summed E-state index contributed by atoms with van der Waals surface area (Å²) >= 11 is 6.07. The lowest BCUT2D eigenvalue weighted by molar-refractivity contribution is 0.609. The summed E-state index contributed by atoms with van der Waals surface area (Å²) in [6.45, 7) is 0. The molecule has 0 saturated heterocycles. The maximum Gasteiger partial charge on any atom is 0.261 e. The molecule has 0 atom stereocenters. The molecule has 0 N–H and O–H groups in total. The van der Waals surface area contributed by atoms with Crippen LogP contribution in [0, 0.1) is 0 Å². The predicted octanol–water partition coefficient (Wildman–Crippen LogP) is 3.09. The molecular formula is C11H8Cl2N2O2S. The van der Waals surface area contributed by atoms with Gasteiger partial charge in [0.1, 0.15) is 11.0 Å². The van der Waals surface area contributed by atoms with Crippen LogP contribution < -0.4 is 0 Å². The molecule has 1 fully saturated rings. The molecule has 0 bridgehead atoms. The zero-order chi connectivity index (χ0) is 12.9. The van der Waals surface area contributed by atoms with Crippen molar-refractivity contribution in [3.63, 3.8) is 0 Å². The molecule has 0 spiro atoms. The van der Waals surface area contributed by atoms with Crippen molar-refractivity contribution in [2.24, 2.45) is 0 Å². The van der Waals surface area contributed by atoms with E-state index >= 15 is 0 Å². The van der Waals surface area contributed by atoms with Gasteiger partial charge in [-0.25, -0.2) is 18.4 Å². The van der Waals surface area contributed by atoms with Gasteiger partial charge in [0.25, 0.3) is 9.05 Å². The quantitative estimate of drug-likeness (QED) is 0.632. The third-order valence-electron chi connectivity index (χ3n) is 2.86. The van der Waals surface area contributed by atoms with E-state index in [0.29, 0.717) is 16.8 Å². The average molecular weight is 303 g/mol. The van der Waals surface area contributed by atoms with Crippen LogP contribution in [-0.4, -0.2) is 18.4 Å². The molecule has 1 saturated carbocycles. The molecule has 18 heavy (non-hydrogen) atoms. The third kappa shape index (κ3) is 2.18. The zero-order valence-electron chi connectivity index (χ0n) is 9.10. The van der Waals surface area contributed by atoms with E-state index in [2.05, 4.69) is 9.97 Å². The average Bonchev–Trinajstić information content (AvgIpc) is 3.11. The smallest absolute Gasteiger partial charge is 0.232 e. The molecule has 1 aromatic heterocycles. The second kappa shape index (κ2) is 4.05. The minimum Gasteiger partial charge on any atom is -0.232 e. The Morgan fingerprint density at radius 1 is 1.22 bits per heavy atom. The number of rotatable bonds is 2. The summed E-state index contributed by atoms with van der Waals surface area (Å²) in [6.07, 6.45) is 2.16. The minimum absolute atomic E-state index is 0.00124. The van der Waals surface area contributed by atoms with Gasteiger partial charge >= 0.3 is 0 Å². The lowest BCUT2D eigenvalue weighted by atomic mass is 10.2. The molecule has 0 unspecified atom stereocenters. The van der Waals surface area contributed by atoms with E-state index in [1.165, 1.54) is 12.1 Å². The first-order valence-corrected chi connectivity index (χ1v) is 8.06. The molecule has 7 heteroatoms. The lowest BCUT2D eigenvalue weighted by Gasteiger charge is -2.04. The zero-order valence-corrected chi connectivity index (χ0v) is 11.4. The highest BCUT2D eigenvalue weighted by Crippen LogP contribution is 2.39. The Morgan fingerprint density at radius 3 is 2.56 bits per heavy atom. The van der Waals surface area contributed by atoms with E-state index in [9.17, 15) is 8.42 Å². The second-order valence-electron chi connectivity index (χ2n) is 4.26. The molecule has 1 aromatic carbocycles. The molecule has 4 nitrogen and oxygen atoms in total. The van der Waals surface area contributed by atoms with Gasteiger partial charge in [-0.3, -0.25) is 0 Å². The number of benzene rings is 1. The third-order valence-corrected chi connectivity index (χ3v) is 4.50. The Hall–Kier alpha value is -0.910. The highest BCUT2D eigenvalue weighted by atomic mass is 35.7. The number of aromatic nitrogens is 2. The predicted molar refractivity (Wildman–Crippen MR) is 69.6 cm³/mol. The van der Waals surface area contributed by atoms with Crippen LogP contribution >= 0.6 is 22.3 Å². The number of fused-ring (bicyclic) bond motifs is 1. The summed E-state index contributed by atoms with van der Waals surface area (Å²) in [5, 5.41) is 0.770. The molecular weight excluding hydrogens is 295 g/mol. The summed E-state index contributed by atoms with van der Waals surface area (Å²) in [7, 11) is 1.52. The Balaban J connectivity index is 2.23. The maximum atomic E-state index is 11.3. The van der Waals surface area contributed by atoms with Gasteiger partial charge in [0.15, 0.2) is 0 Å². The van der Waals surface area contributed by atoms with E-state index in [-0.39, 0.29) is 10.0 Å². The van der Waals surface area contributed by atoms with Crippen LogP contribution in [0.3, 0.4) is 0 Å². The fourth-order valence-corrected chi connectivity index (χ4v) is 2.78. The molecule has 2 aromatic rings. The van der Waals surface area contributed by atoms with E-state index < -0.39 is 9.05 Å². The van der Waals surface area contributed by atoms with Crippen LogP contribution in [0.4, 0.5) is 0 Å². The van der Waals surface area contributed by atoms with Gasteiger partial charge in [0, 0.05) is 22.0 Å². The van der Waals surface area contributed by atoms with Crippen molar-refractivity contribution in [2.75, 3.05) is 0 Å². The van der Waals surface area contributed by atoms with Gasteiger partial charge in [-0.05, 0) is 31.0 Å². The summed E-state index contributed by atoms with van der Waals surface area (Å²) in [5.41, 5.74) is 0.640. The first-order chi connectivity index (χ1) is 8.45. The normalized spacial score (nSPS) is 16.1. The first kappa shape index (κ1) is 12.1. The molecule has 3 rings (SSSR count). The molecule has 0 amide bonds. The summed E-state index contributed by atoms with van der Waals surface area (Å²) in [6, 6.07) is 4.42. The van der Waals surface area contributed by atoms with Gasteiger partial charge in [0.05, 0.1) is 10.4 Å². The van der Waals surface area contributed by atoms with Crippen molar-refractivity contribution < 1.29 is 8.42 Å². The number of nitrogens with zero attached hydrogens (tertiary/aromatic N) is 2. The van der Waals surface area contributed by atoms with Gasteiger partial charge in [-0.1, -0.05) is 11.6 Å². The first-order valence-electron chi connectivity index (χ1n) is 5.37. The fourth-order valence-electron chi connectivity index (χ4n) is 1.76. The van der Waals surface area contributed by atoms with Crippen molar-refractivity contribution in [1.82, 2.24) is 9.97 Å². The highest BCUT2D eigenvalue weighted by Gasteiger charge is 2.27. The largest absolute Gasteiger partial charge is 0.261 e. The Bertz CT molecular complexity index is 742. The van der Waals surface area contributed by atoms with E-state index in [0.717, 1.165) is 18.7 Å². The number of hydrogen-bond acceptors (Lipinski definition) is 4. The lowest BCUT2D eigenvalue weighted by Crippen LogP contribution is -1.96. The van der Waals surface area contributed by atoms with Crippen molar-refractivity contribution in [1.29, 1.82) is 0 Å². The van der Waals surface area contributed by atoms with Crippen LogP contribution in [0.5, 0.6) is 0 Å². The Labute approximate surface area is 113 Å². The molecule has 94 valence electrons. The molecule has 0 radical (unpaired) electrons. The van der Waals surface area contributed by atoms with Crippen molar-refractivity contribution in [3.05, 3.63) is 29.2 Å². The molecule has 0 aliphatic heterocycles. The standard InChI is InChI=1S/C11H8Cl2N2O2S/c12-10-8-5-7(18(13,16)17)3-4-9(8)14-11(15-10)6-1-2-6/h3-6H,1-2H2. The van der Waals surface area contributed by atoms with Crippen LogP contribution in [-0.2, 0) is 9.05 Å². The Morgan fingerprint density at radius 2 is 1.94 bits per heavy atom. The van der Waals surface area contributed by atoms with Crippen LogP contribution in [0.25, 0.3) is 10.9 Å². The van der Waals surface area contributed by atoms with Crippen molar-refractivity contribution >= 4 is 42.2 Å². The topological polar surface area (TPSA) is 59.9 Å². The van der Waals surface area contributed by atoms with Gasteiger partial charge in [0.2, 0.25) is 0 Å². The summed E-state index contributed by atoms with van der Waals surface area (Å²) in [4.78, 5) is 8.59. The van der Waals surface area contributed by atoms with Crippen LogP contribution in [0.2, 0.25) is 5.15 Å².